The molecule has 1 heterocycles. The lowest BCUT2D eigenvalue weighted by molar-refractivity contribution is -0.131. The number of hydrogen-bond acceptors (Lipinski definition) is 5. The quantitative estimate of drug-likeness (QED) is 0.370. The summed E-state index contributed by atoms with van der Waals surface area (Å²) < 4.78 is 11.9. The summed E-state index contributed by atoms with van der Waals surface area (Å²) in [6.45, 7) is 8.74. The third-order valence-electron chi connectivity index (χ3n) is 4.97. The predicted octanol–water partition coefficient (Wildman–Crippen LogP) is 5.49. The highest BCUT2D eigenvalue weighted by atomic mass is 16.6. The summed E-state index contributed by atoms with van der Waals surface area (Å²) in [4.78, 5) is 36.0. The van der Waals surface area contributed by atoms with E-state index in [1.54, 1.807) is 30.5 Å². The number of esters is 1. The molecular formula is C26H31N3O5. The van der Waals surface area contributed by atoms with Crippen molar-refractivity contribution < 1.29 is 23.9 Å². The van der Waals surface area contributed by atoms with Crippen LogP contribution in [0.5, 0.6) is 5.75 Å². The van der Waals surface area contributed by atoms with Gasteiger partial charge in [0.2, 0.25) is 0 Å². The van der Waals surface area contributed by atoms with Gasteiger partial charge in [0.05, 0.1) is 5.52 Å². The first kappa shape index (κ1) is 24.8. The second-order valence-corrected chi connectivity index (χ2v) is 9.22. The standard InChI is InChI=1S/C26H31N3O5/c1-17(6-7-19-8-12-22(13-9-19)33-18(2)30)27-24(31)28-21-11-10-20-14-15-29(23(20)16-21)25(32)34-26(3,4)5/h8-17H,6-7H2,1-5H3,(H2,27,28,31). The first-order valence-electron chi connectivity index (χ1n) is 11.2. The zero-order valence-electron chi connectivity index (χ0n) is 20.2. The van der Waals surface area contributed by atoms with Crippen molar-refractivity contribution in [2.24, 2.45) is 0 Å². The van der Waals surface area contributed by atoms with E-state index in [4.69, 9.17) is 9.47 Å². The van der Waals surface area contributed by atoms with Gasteiger partial charge in [-0.05, 0) is 76.4 Å². The van der Waals surface area contributed by atoms with E-state index in [2.05, 4.69) is 10.6 Å². The van der Waals surface area contributed by atoms with E-state index in [-0.39, 0.29) is 18.0 Å². The lowest BCUT2D eigenvalue weighted by atomic mass is 10.1. The molecule has 0 aliphatic rings. The summed E-state index contributed by atoms with van der Waals surface area (Å²) in [6.07, 6.45) is 2.68. The normalized spacial score (nSPS) is 12.1. The monoisotopic (exact) mass is 465 g/mol. The molecule has 8 nitrogen and oxygen atoms in total. The molecule has 0 bridgehead atoms. The maximum absolute atomic E-state index is 12.5. The van der Waals surface area contributed by atoms with Crippen molar-refractivity contribution in [1.82, 2.24) is 9.88 Å². The number of rotatable bonds is 6. The molecule has 0 aliphatic carbocycles. The lowest BCUT2D eigenvalue weighted by Crippen LogP contribution is -2.36. The number of hydrogen-bond donors (Lipinski definition) is 2. The molecule has 0 aliphatic heterocycles. The smallest absolute Gasteiger partial charge is 0.418 e. The minimum atomic E-state index is -0.607. The number of aromatic nitrogens is 1. The molecule has 2 amide bonds. The summed E-state index contributed by atoms with van der Waals surface area (Å²) in [5.41, 5.74) is 1.70. The summed E-state index contributed by atoms with van der Waals surface area (Å²) in [5.74, 6) is 0.158. The Morgan fingerprint density at radius 1 is 1.03 bits per heavy atom. The molecule has 1 unspecified atom stereocenters. The van der Waals surface area contributed by atoms with Crippen molar-refractivity contribution in [3.63, 3.8) is 0 Å². The number of anilines is 1. The summed E-state index contributed by atoms with van der Waals surface area (Å²) >= 11 is 0. The number of carbonyl (C=O) groups excluding carboxylic acids is 3. The molecule has 0 fully saturated rings. The average Bonchev–Trinajstić information content (AvgIpc) is 3.15. The Kier molecular flexibility index (Phi) is 7.61. The zero-order chi connectivity index (χ0) is 24.9. The van der Waals surface area contributed by atoms with Crippen molar-refractivity contribution >= 4 is 34.7 Å². The minimum Gasteiger partial charge on any atom is -0.443 e. The van der Waals surface area contributed by atoms with E-state index in [1.807, 2.05) is 52.0 Å². The van der Waals surface area contributed by atoms with Gasteiger partial charge in [0.25, 0.3) is 0 Å². The molecule has 1 atom stereocenters. The van der Waals surface area contributed by atoms with Crippen LogP contribution in [-0.2, 0) is 16.0 Å². The van der Waals surface area contributed by atoms with Crippen molar-refractivity contribution in [1.29, 1.82) is 0 Å². The fourth-order valence-electron chi connectivity index (χ4n) is 3.41. The molecule has 0 saturated carbocycles. The molecule has 3 rings (SSSR count). The molecule has 34 heavy (non-hydrogen) atoms. The summed E-state index contributed by atoms with van der Waals surface area (Å²) in [6, 6.07) is 14.1. The number of urea groups is 1. The van der Waals surface area contributed by atoms with Crippen molar-refractivity contribution in [2.45, 2.75) is 59.1 Å². The van der Waals surface area contributed by atoms with Gasteiger partial charge in [0.15, 0.2) is 0 Å². The Balaban J connectivity index is 1.55. The second kappa shape index (κ2) is 10.4. The number of benzene rings is 2. The topological polar surface area (TPSA) is 98.7 Å². The highest BCUT2D eigenvalue weighted by Crippen LogP contribution is 2.22. The van der Waals surface area contributed by atoms with Crippen LogP contribution >= 0.6 is 0 Å². The first-order valence-corrected chi connectivity index (χ1v) is 11.2. The van der Waals surface area contributed by atoms with E-state index in [0.29, 0.717) is 17.0 Å². The summed E-state index contributed by atoms with van der Waals surface area (Å²) in [5, 5.41) is 6.62. The number of amides is 2. The van der Waals surface area contributed by atoms with Crippen LogP contribution in [0.1, 0.15) is 46.6 Å². The van der Waals surface area contributed by atoms with Crippen LogP contribution in [0.4, 0.5) is 15.3 Å². The molecule has 180 valence electrons. The number of carbonyl (C=O) groups is 3. The number of nitrogens with one attached hydrogen (secondary N) is 2. The molecule has 2 N–H and O–H groups in total. The number of fused-ring (bicyclic) bond motifs is 1. The van der Waals surface area contributed by atoms with Crippen molar-refractivity contribution in [3.05, 3.63) is 60.3 Å². The Labute approximate surface area is 199 Å². The highest BCUT2D eigenvalue weighted by Gasteiger charge is 2.19. The van der Waals surface area contributed by atoms with Crippen LogP contribution in [0.2, 0.25) is 0 Å². The van der Waals surface area contributed by atoms with E-state index in [9.17, 15) is 14.4 Å². The van der Waals surface area contributed by atoms with Crippen LogP contribution < -0.4 is 15.4 Å². The Hall–Kier alpha value is -3.81. The minimum absolute atomic E-state index is 0.0671. The largest absolute Gasteiger partial charge is 0.443 e. The van der Waals surface area contributed by atoms with Crippen molar-refractivity contribution in [3.8, 4) is 5.75 Å². The zero-order valence-corrected chi connectivity index (χ0v) is 20.2. The van der Waals surface area contributed by atoms with Gasteiger partial charge >= 0.3 is 18.1 Å². The second-order valence-electron chi connectivity index (χ2n) is 9.22. The van der Waals surface area contributed by atoms with E-state index >= 15 is 0 Å². The van der Waals surface area contributed by atoms with Crippen LogP contribution in [0.25, 0.3) is 10.9 Å². The summed E-state index contributed by atoms with van der Waals surface area (Å²) in [7, 11) is 0. The molecular weight excluding hydrogens is 434 g/mol. The molecule has 0 radical (unpaired) electrons. The molecule has 1 aromatic heterocycles. The molecule has 0 spiro atoms. The number of nitrogens with zero attached hydrogens (tertiary/aromatic N) is 1. The van der Waals surface area contributed by atoms with Crippen molar-refractivity contribution in [2.75, 3.05) is 5.32 Å². The third kappa shape index (κ3) is 7.10. The van der Waals surface area contributed by atoms with Crippen LogP contribution in [0.15, 0.2) is 54.7 Å². The maximum atomic E-state index is 12.5. The maximum Gasteiger partial charge on any atom is 0.418 e. The van der Waals surface area contributed by atoms with Crippen LogP contribution in [0, 0.1) is 0 Å². The third-order valence-corrected chi connectivity index (χ3v) is 4.97. The molecule has 3 aromatic rings. The van der Waals surface area contributed by atoms with E-state index in [1.165, 1.54) is 11.5 Å². The fraction of sp³-hybridized carbons (Fsp3) is 0.346. The SMILES string of the molecule is CC(=O)Oc1ccc(CCC(C)NC(=O)Nc2ccc3ccn(C(=O)OC(C)(C)C)c3c2)cc1. The average molecular weight is 466 g/mol. The Bertz CT molecular complexity index is 1180. The van der Waals surface area contributed by atoms with Gasteiger partial charge < -0.3 is 20.1 Å². The van der Waals surface area contributed by atoms with Crippen LogP contribution in [-0.4, -0.2) is 34.3 Å². The molecule has 2 aromatic carbocycles. The number of aryl methyl sites for hydroxylation is 1. The fourth-order valence-corrected chi connectivity index (χ4v) is 3.41. The van der Waals surface area contributed by atoms with Gasteiger partial charge in [-0.1, -0.05) is 18.2 Å². The van der Waals surface area contributed by atoms with E-state index in [0.717, 1.165) is 23.8 Å². The van der Waals surface area contributed by atoms with Gasteiger partial charge in [-0.25, -0.2) is 9.59 Å². The Morgan fingerprint density at radius 3 is 2.38 bits per heavy atom. The van der Waals surface area contributed by atoms with Crippen LogP contribution in [0.3, 0.4) is 0 Å². The lowest BCUT2D eigenvalue weighted by Gasteiger charge is -2.20. The first-order chi connectivity index (χ1) is 16.0. The van der Waals surface area contributed by atoms with Gasteiger partial charge in [0.1, 0.15) is 11.4 Å². The predicted molar refractivity (Wildman–Crippen MR) is 131 cm³/mol. The highest BCUT2D eigenvalue weighted by molar-refractivity contribution is 5.95. The molecule has 8 heteroatoms. The number of ether oxygens (including phenoxy) is 2. The van der Waals surface area contributed by atoms with Gasteiger partial charge in [-0.15, -0.1) is 0 Å². The van der Waals surface area contributed by atoms with E-state index < -0.39 is 11.7 Å². The Morgan fingerprint density at radius 2 is 1.74 bits per heavy atom. The van der Waals surface area contributed by atoms with Gasteiger partial charge in [0, 0.05) is 30.2 Å². The van der Waals surface area contributed by atoms with Gasteiger partial charge in [-0.2, -0.15) is 0 Å². The van der Waals surface area contributed by atoms with Gasteiger partial charge in [-0.3, -0.25) is 9.36 Å². The molecule has 0 saturated heterocycles.